The lowest BCUT2D eigenvalue weighted by Gasteiger charge is -2.34. The van der Waals surface area contributed by atoms with Crippen molar-refractivity contribution in [2.75, 3.05) is 83.5 Å². The Morgan fingerprint density at radius 1 is 0.791 bits per heavy atom. The van der Waals surface area contributed by atoms with Gasteiger partial charge in [-0.25, -0.2) is 4.98 Å². The SMILES string of the molecule is C.CCn1nc(C)cc1C(=O)N=C1Cc2cc(C(N)=O)cc(OCCCN3CCN(CCOC)CC3)c2N1C/C=C/Cn1c(NC(=O)c2cc(C)nn2CC)nc2cc(C(N)=O)cc(OC)c21. The van der Waals surface area contributed by atoms with Gasteiger partial charge in [-0.2, -0.15) is 15.2 Å². The van der Waals surface area contributed by atoms with Crippen molar-refractivity contribution in [2.24, 2.45) is 16.5 Å². The van der Waals surface area contributed by atoms with Crippen LogP contribution in [-0.2, 0) is 30.8 Å². The number of benzene rings is 2. The Labute approximate surface area is 390 Å². The fourth-order valence-electron chi connectivity index (χ4n) is 8.41. The maximum atomic E-state index is 13.9. The van der Waals surface area contributed by atoms with E-state index in [1.165, 1.54) is 13.2 Å². The van der Waals surface area contributed by atoms with Crippen LogP contribution in [0.25, 0.3) is 11.0 Å². The van der Waals surface area contributed by atoms with E-state index in [9.17, 15) is 19.2 Å². The van der Waals surface area contributed by atoms with Gasteiger partial charge in [-0.3, -0.25) is 38.8 Å². The maximum Gasteiger partial charge on any atom is 0.296 e. The predicted octanol–water partition coefficient (Wildman–Crippen LogP) is 4.07. The number of carbonyl (C=O) groups is 4. The number of amides is 4. The van der Waals surface area contributed by atoms with Crippen molar-refractivity contribution in [3.8, 4) is 11.5 Å². The van der Waals surface area contributed by atoms with Crippen LogP contribution < -0.4 is 31.2 Å². The van der Waals surface area contributed by atoms with Gasteiger partial charge in [0.1, 0.15) is 34.2 Å². The summed E-state index contributed by atoms with van der Waals surface area (Å²) in [6.07, 6.45) is 4.77. The standard InChI is InChI=1S/C46H59N13O7.CH4/c1-7-58-35(22-29(3)52-58)44(62)50-39-28-31-24-32(42(47)60)27-38(66-20-11-12-54-15-17-55(18-16-54)19-21-64-5)40(31)56(39)13-9-10-14-57-41-34(25-33(43(48)61)26-37(41)65-6)49-46(57)51-45(63)36-23-30(4)53-59(36)8-2;/h9-10,22-27H,7-8,11-21,28H2,1-6H3,(H2,47,60)(H2,48,61)(H,49,51,63);1H4/b10-9+,50-39?;. The molecule has 20 heteroatoms. The highest BCUT2D eigenvalue weighted by Crippen LogP contribution is 2.40. The van der Waals surface area contributed by atoms with Crippen molar-refractivity contribution in [3.63, 3.8) is 0 Å². The molecule has 1 fully saturated rings. The number of ether oxygens (including phenoxy) is 3. The summed E-state index contributed by atoms with van der Waals surface area (Å²) >= 11 is 0. The van der Waals surface area contributed by atoms with Crippen LogP contribution in [0, 0.1) is 13.8 Å². The fourth-order valence-corrected chi connectivity index (χ4v) is 8.41. The molecule has 0 radical (unpaired) electrons. The van der Waals surface area contributed by atoms with Crippen LogP contribution in [0.15, 0.2) is 53.5 Å². The molecule has 2 aromatic carbocycles. The van der Waals surface area contributed by atoms with Crippen LogP contribution in [0.1, 0.15) is 86.3 Å². The van der Waals surface area contributed by atoms with Gasteiger partial charge < -0.3 is 40.0 Å². The summed E-state index contributed by atoms with van der Waals surface area (Å²) in [5, 5.41) is 11.8. The van der Waals surface area contributed by atoms with Crippen LogP contribution in [-0.4, -0.2) is 142 Å². The third-order valence-electron chi connectivity index (χ3n) is 11.7. The number of aryl methyl sites for hydroxylation is 4. The first-order valence-corrected chi connectivity index (χ1v) is 22.2. The quantitative estimate of drug-likeness (QED) is 0.0739. The largest absolute Gasteiger partial charge is 0.494 e. The van der Waals surface area contributed by atoms with E-state index in [-0.39, 0.29) is 44.0 Å². The molecule has 5 N–H and O–H groups in total. The highest BCUT2D eigenvalue weighted by Gasteiger charge is 2.32. The fraction of sp³-hybridized carbons (Fsp3) is 0.447. The Bertz CT molecular complexity index is 2670. The lowest BCUT2D eigenvalue weighted by atomic mass is 10.1. The third-order valence-corrected chi connectivity index (χ3v) is 11.7. The smallest absolute Gasteiger partial charge is 0.296 e. The van der Waals surface area contributed by atoms with Crippen LogP contribution >= 0.6 is 0 Å². The molecular weight excluding hydrogens is 859 g/mol. The average Bonchev–Trinajstić information content (AvgIpc) is 4.07. The molecule has 0 unspecified atom stereocenters. The third kappa shape index (κ3) is 11.2. The molecule has 0 saturated carbocycles. The summed E-state index contributed by atoms with van der Waals surface area (Å²) < 4.78 is 22.5. The number of anilines is 2. The number of primary amides is 2. The molecule has 0 atom stereocenters. The van der Waals surface area contributed by atoms with Gasteiger partial charge in [0, 0.05) is 90.1 Å². The van der Waals surface area contributed by atoms with Gasteiger partial charge in [-0.15, -0.1) is 0 Å². The molecule has 20 nitrogen and oxygen atoms in total. The summed E-state index contributed by atoms with van der Waals surface area (Å²) in [6, 6.07) is 9.87. The van der Waals surface area contributed by atoms with E-state index in [4.69, 9.17) is 30.7 Å². The number of nitrogens with one attached hydrogen (secondary N) is 1. The van der Waals surface area contributed by atoms with E-state index in [1.54, 1.807) is 51.4 Å². The van der Waals surface area contributed by atoms with Gasteiger partial charge in [-0.1, -0.05) is 19.6 Å². The molecule has 0 aliphatic carbocycles. The number of aromatic nitrogens is 6. The molecule has 67 heavy (non-hydrogen) atoms. The van der Waals surface area contributed by atoms with Crippen LogP contribution in [0.2, 0.25) is 0 Å². The van der Waals surface area contributed by atoms with E-state index in [0.717, 1.165) is 51.3 Å². The number of amidine groups is 1. The first kappa shape index (κ1) is 49.5. The molecule has 358 valence electrons. The van der Waals surface area contributed by atoms with Crippen molar-refractivity contribution in [1.82, 2.24) is 38.9 Å². The van der Waals surface area contributed by atoms with E-state index < -0.39 is 23.6 Å². The minimum atomic E-state index is -0.660. The number of rotatable bonds is 20. The number of carbonyl (C=O) groups excluding carboxylic acids is 4. The molecule has 5 heterocycles. The zero-order chi connectivity index (χ0) is 47.1. The minimum absolute atomic E-state index is 0. The number of hydrogen-bond donors (Lipinski definition) is 3. The van der Waals surface area contributed by atoms with Crippen molar-refractivity contribution in [2.45, 2.75) is 67.6 Å². The average molecular weight is 922 g/mol. The monoisotopic (exact) mass is 921 g/mol. The van der Waals surface area contributed by atoms with Crippen molar-refractivity contribution in [3.05, 3.63) is 88.0 Å². The summed E-state index contributed by atoms with van der Waals surface area (Å²) in [5.74, 6) is -0.713. The van der Waals surface area contributed by atoms with Crippen LogP contribution in [0.3, 0.4) is 0 Å². The van der Waals surface area contributed by atoms with Gasteiger partial charge in [0.2, 0.25) is 17.8 Å². The number of fused-ring (bicyclic) bond motifs is 2. The zero-order valence-corrected chi connectivity index (χ0v) is 38.5. The highest BCUT2D eigenvalue weighted by atomic mass is 16.5. The Morgan fingerprint density at radius 3 is 2.04 bits per heavy atom. The first-order chi connectivity index (χ1) is 31.8. The van der Waals surface area contributed by atoms with Gasteiger partial charge in [-0.05, 0) is 76.1 Å². The van der Waals surface area contributed by atoms with Gasteiger partial charge in [0.05, 0.1) is 42.9 Å². The summed E-state index contributed by atoms with van der Waals surface area (Å²) in [6.45, 7) is 15.5. The van der Waals surface area contributed by atoms with Gasteiger partial charge in [0.15, 0.2) is 0 Å². The van der Waals surface area contributed by atoms with E-state index in [2.05, 4.69) is 30.3 Å². The molecule has 1 saturated heterocycles. The summed E-state index contributed by atoms with van der Waals surface area (Å²) in [4.78, 5) is 68.7. The molecule has 7 rings (SSSR count). The summed E-state index contributed by atoms with van der Waals surface area (Å²) in [5.41, 5.74) is 16.4. The van der Waals surface area contributed by atoms with Crippen LogP contribution in [0.4, 0.5) is 11.6 Å². The normalized spacial score (nSPS) is 14.8. The Balaban J connectivity index is 0.00000741. The van der Waals surface area contributed by atoms with Crippen molar-refractivity contribution in [1.29, 1.82) is 0 Å². The van der Waals surface area contributed by atoms with Crippen LogP contribution in [0.5, 0.6) is 11.5 Å². The van der Waals surface area contributed by atoms with Gasteiger partial charge >= 0.3 is 0 Å². The molecule has 4 amide bonds. The maximum absolute atomic E-state index is 13.9. The van der Waals surface area contributed by atoms with Crippen molar-refractivity contribution >= 4 is 52.1 Å². The number of nitrogens with two attached hydrogens (primary N) is 2. The molecular formula is C47H63N13O7. The molecule has 3 aromatic heterocycles. The molecule has 2 aliphatic heterocycles. The predicted molar refractivity (Wildman–Crippen MR) is 257 cm³/mol. The van der Waals surface area contributed by atoms with E-state index >= 15 is 0 Å². The number of allylic oxidation sites excluding steroid dienone is 1. The Hall–Kier alpha value is -6.90. The molecule has 2 aliphatic rings. The lowest BCUT2D eigenvalue weighted by Crippen LogP contribution is -2.47. The van der Waals surface area contributed by atoms with Gasteiger partial charge in [0.25, 0.3) is 11.8 Å². The number of imidazole rings is 1. The van der Waals surface area contributed by atoms with E-state index in [0.29, 0.717) is 83.1 Å². The second kappa shape index (κ2) is 22.1. The Morgan fingerprint density at radius 2 is 1.40 bits per heavy atom. The highest BCUT2D eigenvalue weighted by molar-refractivity contribution is 6.14. The number of hydrogen-bond acceptors (Lipinski definition) is 12. The summed E-state index contributed by atoms with van der Waals surface area (Å²) in [7, 11) is 3.20. The molecule has 0 spiro atoms. The number of nitrogens with zero attached hydrogens (tertiary/aromatic N) is 10. The zero-order valence-electron chi connectivity index (χ0n) is 38.5. The number of piperazine rings is 1. The molecule has 0 bridgehead atoms. The van der Waals surface area contributed by atoms with Crippen molar-refractivity contribution < 1.29 is 33.4 Å². The molecule has 5 aromatic rings. The second-order valence-corrected chi connectivity index (χ2v) is 16.2. The topological polar surface area (TPSA) is 236 Å². The Kier molecular flexibility index (Phi) is 16.3. The number of aliphatic imine (C=N–C) groups is 1. The lowest BCUT2D eigenvalue weighted by molar-refractivity contribution is 0.0941. The van der Waals surface area contributed by atoms with E-state index in [1.807, 2.05) is 44.7 Å². The minimum Gasteiger partial charge on any atom is -0.494 e. The first-order valence-electron chi connectivity index (χ1n) is 22.2. The second-order valence-electron chi connectivity index (χ2n) is 16.2. The number of methoxy groups -OCH3 is 2.